The van der Waals surface area contributed by atoms with Gasteiger partial charge in [0.05, 0.1) is 6.61 Å². The highest BCUT2D eigenvalue weighted by atomic mass is 16.7. The highest BCUT2D eigenvalue weighted by molar-refractivity contribution is 4.72. The SMILES string of the molecule is C1CCN(OCC2CC2)CC1. The molecule has 64 valence electrons. The average Bonchev–Trinajstić information content (AvgIpc) is 2.86. The zero-order valence-electron chi connectivity index (χ0n) is 7.09. The monoisotopic (exact) mass is 155 g/mol. The summed E-state index contributed by atoms with van der Waals surface area (Å²) < 4.78 is 0. The third-order valence-corrected chi connectivity index (χ3v) is 2.50. The van der Waals surface area contributed by atoms with E-state index in [4.69, 9.17) is 4.84 Å². The lowest BCUT2D eigenvalue weighted by molar-refractivity contribution is -0.171. The maximum atomic E-state index is 5.64. The molecule has 2 rings (SSSR count). The van der Waals surface area contributed by atoms with E-state index in [1.807, 2.05) is 0 Å². The summed E-state index contributed by atoms with van der Waals surface area (Å²) in [6, 6.07) is 0. The molecule has 11 heavy (non-hydrogen) atoms. The van der Waals surface area contributed by atoms with Gasteiger partial charge in [0.25, 0.3) is 0 Å². The number of hydrogen-bond acceptors (Lipinski definition) is 2. The van der Waals surface area contributed by atoms with Gasteiger partial charge < -0.3 is 0 Å². The van der Waals surface area contributed by atoms with Gasteiger partial charge in [0.2, 0.25) is 0 Å². The van der Waals surface area contributed by atoms with Gasteiger partial charge in [0.1, 0.15) is 0 Å². The van der Waals surface area contributed by atoms with Crippen LogP contribution in [0.25, 0.3) is 0 Å². The molecular weight excluding hydrogens is 138 g/mol. The fraction of sp³-hybridized carbons (Fsp3) is 1.00. The number of hydroxylamine groups is 2. The Bertz CT molecular complexity index is 117. The maximum absolute atomic E-state index is 5.64. The molecule has 0 spiro atoms. The van der Waals surface area contributed by atoms with Crippen molar-refractivity contribution < 1.29 is 4.84 Å². The molecule has 1 aliphatic heterocycles. The second-order valence-electron chi connectivity index (χ2n) is 3.73. The van der Waals surface area contributed by atoms with Crippen molar-refractivity contribution in [1.82, 2.24) is 5.06 Å². The summed E-state index contributed by atoms with van der Waals surface area (Å²) in [5, 5.41) is 2.15. The number of rotatable bonds is 3. The first-order valence-electron chi connectivity index (χ1n) is 4.83. The van der Waals surface area contributed by atoms with E-state index in [0.717, 1.165) is 25.6 Å². The van der Waals surface area contributed by atoms with Gasteiger partial charge in [-0.2, -0.15) is 5.06 Å². The Balaban J connectivity index is 1.59. The van der Waals surface area contributed by atoms with Crippen molar-refractivity contribution in [3.05, 3.63) is 0 Å². The van der Waals surface area contributed by atoms with E-state index in [2.05, 4.69) is 5.06 Å². The Morgan fingerprint density at radius 3 is 2.45 bits per heavy atom. The van der Waals surface area contributed by atoms with Crippen molar-refractivity contribution in [2.45, 2.75) is 32.1 Å². The van der Waals surface area contributed by atoms with Crippen molar-refractivity contribution in [2.75, 3.05) is 19.7 Å². The topological polar surface area (TPSA) is 12.5 Å². The molecule has 2 aliphatic rings. The van der Waals surface area contributed by atoms with Crippen LogP contribution in [0.4, 0.5) is 0 Å². The highest BCUT2D eigenvalue weighted by Crippen LogP contribution is 2.29. The van der Waals surface area contributed by atoms with Crippen molar-refractivity contribution >= 4 is 0 Å². The summed E-state index contributed by atoms with van der Waals surface area (Å²) >= 11 is 0. The van der Waals surface area contributed by atoms with Gasteiger partial charge in [-0.25, -0.2) is 0 Å². The van der Waals surface area contributed by atoms with Gasteiger partial charge in [-0.05, 0) is 31.6 Å². The smallest absolute Gasteiger partial charge is 0.0713 e. The molecule has 0 atom stereocenters. The lowest BCUT2D eigenvalue weighted by Gasteiger charge is -2.25. The Labute approximate surface area is 68.5 Å². The van der Waals surface area contributed by atoms with E-state index in [1.165, 1.54) is 32.1 Å². The second-order valence-corrected chi connectivity index (χ2v) is 3.73. The molecular formula is C9H17NO. The van der Waals surface area contributed by atoms with Crippen LogP contribution in [-0.4, -0.2) is 24.8 Å². The third-order valence-electron chi connectivity index (χ3n) is 2.50. The lowest BCUT2D eigenvalue weighted by atomic mass is 10.2. The van der Waals surface area contributed by atoms with Gasteiger partial charge in [0.15, 0.2) is 0 Å². The summed E-state index contributed by atoms with van der Waals surface area (Å²) in [6.07, 6.45) is 6.83. The summed E-state index contributed by atoms with van der Waals surface area (Å²) in [4.78, 5) is 5.64. The summed E-state index contributed by atoms with van der Waals surface area (Å²) in [6.45, 7) is 3.30. The molecule has 0 N–H and O–H groups in total. The molecule has 2 heteroatoms. The van der Waals surface area contributed by atoms with E-state index >= 15 is 0 Å². The average molecular weight is 155 g/mol. The zero-order chi connectivity index (χ0) is 7.52. The van der Waals surface area contributed by atoms with Crippen LogP contribution in [0.3, 0.4) is 0 Å². The van der Waals surface area contributed by atoms with Crippen molar-refractivity contribution in [3.8, 4) is 0 Å². The molecule has 0 bridgehead atoms. The van der Waals surface area contributed by atoms with Crippen LogP contribution in [0.15, 0.2) is 0 Å². The van der Waals surface area contributed by atoms with Crippen LogP contribution < -0.4 is 0 Å². The number of hydrogen-bond donors (Lipinski definition) is 0. The van der Waals surface area contributed by atoms with Crippen molar-refractivity contribution in [1.29, 1.82) is 0 Å². The fourth-order valence-electron chi connectivity index (χ4n) is 1.49. The Morgan fingerprint density at radius 1 is 1.09 bits per heavy atom. The van der Waals surface area contributed by atoms with Crippen LogP contribution in [0.2, 0.25) is 0 Å². The van der Waals surface area contributed by atoms with E-state index in [1.54, 1.807) is 0 Å². The zero-order valence-corrected chi connectivity index (χ0v) is 7.09. The minimum atomic E-state index is 0.900. The molecule has 0 amide bonds. The molecule has 2 nitrogen and oxygen atoms in total. The van der Waals surface area contributed by atoms with E-state index in [0.29, 0.717) is 0 Å². The molecule has 0 aromatic rings. The Kier molecular flexibility index (Phi) is 2.44. The summed E-state index contributed by atoms with van der Waals surface area (Å²) in [5.74, 6) is 0.900. The van der Waals surface area contributed by atoms with Gasteiger partial charge in [-0.15, -0.1) is 0 Å². The molecule has 0 aromatic heterocycles. The molecule has 0 unspecified atom stereocenters. The Morgan fingerprint density at radius 2 is 1.82 bits per heavy atom. The summed E-state index contributed by atoms with van der Waals surface area (Å²) in [5.41, 5.74) is 0. The van der Waals surface area contributed by atoms with Gasteiger partial charge in [-0.3, -0.25) is 4.84 Å². The maximum Gasteiger partial charge on any atom is 0.0713 e. The van der Waals surface area contributed by atoms with Gasteiger partial charge >= 0.3 is 0 Å². The second kappa shape index (κ2) is 3.55. The van der Waals surface area contributed by atoms with Crippen LogP contribution >= 0.6 is 0 Å². The number of piperidine rings is 1. The van der Waals surface area contributed by atoms with Crippen molar-refractivity contribution in [3.63, 3.8) is 0 Å². The normalized spacial score (nSPS) is 27.3. The summed E-state index contributed by atoms with van der Waals surface area (Å²) in [7, 11) is 0. The molecule has 1 heterocycles. The third kappa shape index (κ3) is 2.46. The molecule has 1 saturated heterocycles. The number of nitrogens with zero attached hydrogens (tertiary/aromatic N) is 1. The van der Waals surface area contributed by atoms with Gasteiger partial charge in [0, 0.05) is 13.1 Å². The van der Waals surface area contributed by atoms with Crippen molar-refractivity contribution in [2.24, 2.45) is 5.92 Å². The highest BCUT2D eigenvalue weighted by Gasteiger charge is 2.23. The predicted octanol–water partition coefficient (Wildman–Crippen LogP) is 1.81. The van der Waals surface area contributed by atoms with Crippen LogP contribution in [0.5, 0.6) is 0 Å². The standard InChI is InChI=1S/C9H17NO/c1-2-6-10(7-3-1)11-8-9-4-5-9/h9H,1-8H2. The Hall–Kier alpha value is -0.0800. The first-order valence-corrected chi connectivity index (χ1v) is 4.83. The quantitative estimate of drug-likeness (QED) is 0.616. The molecule has 0 aromatic carbocycles. The van der Waals surface area contributed by atoms with Crippen LogP contribution in [0, 0.1) is 5.92 Å². The lowest BCUT2D eigenvalue weighted by Crippen LogP contribution is -2.30. The molecule has 2 fully saturated rings. The first-order chi connectivity index (χ1) is 5.45. The van der Waals surface area contributed by atoms with E-state index in [9.17, 15) is 0 Å². The minimum absolute atomic E-state index is 0.900. The molecule has 0 radical (unpaired) electrons. The van der Waals surface area contributed by atoms with Crippen LogP contribution in [-0.2, 0) is 4.84 Å². The minimum Gasteiger partial charge on any atom is -0.299 e. The van der Waals surface area contributed by atoms with Gasteiger partial charge in [-0.1, -0.05) is 6.42 Å². The fourth-order valence-corrected chi connectivity index (χ4v) is 1.49. The van der Waals surface area contributed by atoms with E-state index < -0.39 is 0 Å². The van der Waals surface area contributed by atoms with Crippen LogP contribution in [0.1, 0.15) is 32.1 Å². The first kappa shape index (κ1) is 7.56. The largest absolute Gasteiger partial charge is 0.299 e. The van der Waals surface area contributed by atoms with E-state index in [-0.39, 0.29) is 0 Å². The molecule has 1 saturated carbocycles. The predicted molar refractivity (Wildman–Crippen MR) is 44.1 cm³/mol. The molecule has 1 aliphatic carbocycles.